The van der Waals surface area contributed by atoms with Gasteiger partial charge in [-0.1, -0.05) is 36.4 Å². The number of nitrogens with zero attached hydrogens (tertiary/aromatic N) is 2. The molecule has 7 nitrogen and oxygen atoms in total. The van der Waals surface area contributed by atoms with Gasteiger partial charge in [-0.25, -0.2) is 13.4 Å². The van der Waals surface area contributed by atoms with Gasteiger partial charge in [-0.05, 0) is 66.7 Å². The van der Waals surface area contributed by atoms with E-state index < -0.39 is 10.0 Å². The minimum Gasteiger partial charge on any atom is -0.322 e. The number of imidazole rings is 1. The van der Waals surface area contributed by atoms with Crippen LogP contribution in [0.15, 0.2) is 114 Å². The van der Waals surface area contributed by atoms with Crippen LogP contribution in [-0.4, -0.2) is 23.9 Å². The van der Waals surface area contributed by atoms with Gasteiger partial charge in [0.15, 0.2) is 0 Å². The van der Waals surface area contributed by atoms with E-state index >= 15 is 0 Å². The van der Waals surface area contributed by atoms with Crippen molar-refractivity contribution in [3.63, 3.8) is 0 Å². The number of aromatic nitrogens is 2. The fourth-order valence-corrected chi connectivity index (χ4v) is 4.68. The second-order valence-electron chi connectivity index (χ2n) is 7.60. The highest BCUT2D eigenvalue weighted by Gasteiger charge is 2.15. The zero-order valence-electron chi connectivity index (χ0n) is 17.9. The molecule has 0 bridgehead atoms. The van der Waals surface area contributed by atoms with Crippen LogP contribution in [0.1, 0.15) is 10.4 Å². The van der Waals surface area contributed by atoms with Gasteiger partial charge in [0.05, 0.1) is 15.9 Å². The van der Waals surface area contributed by atoms with E-state index in [-0.39, 0.29) is 10.8 Å². The normalized spacial score (nSPS) is 11.3. The lowest BCUT2D eigenvalue weighted by atomic mass is 10.2. The monoisotopic (exact) mass is 468 g/mol. The minimum atomic E-state index is -3.75. The SMILES string of the molecule is O=C(Nc1ccc(-n2cnc3ccccc32)cc1)c1cccc(NS(=O)(=O)c2ccccc2)c1. The zero-order valence-corrected chi connectivity index (χ0v) is 18.7. The van der Waals surface area contributed by atoms with Crippen molar-refractivity contribution >= 4 is 38.3 Å². The maximum atomic E-state index is 12.8. The van der Waals surface area contributed by atoms with E-state index in [2.05, 4.69) is 15.0 Å². The zero-order chi connectivity index (χ0) is 23.5. The third-order valence-electron chi connectivity index (χ3n) is 5.29. The summed E-state index contributed by atoms with van der Waals surface area (Å²) < 4.78 is 29.6. The number of hydrogen-bond donors (Lipinski definition) is 2. The molecule has 0 fully saturated rings. The maximum absolute atomic E-state index is 12.8. The van der Waals surface area contributed by atoms with Crippen LogP contribution in [0.25, 0.3) is 16.7 Å². The Hall–Kier alpha value is -4.43. The van der Waals surface area contributed by atoms with Crippen LogP contribution < -0.4 is 10.0 Å². The molecule has 0 spiro atoms. The van der Waals surface area contributed by atoms with Crippen LogP contribution in [0, 0.1) is 0 Å². The predicted octanol–water partition coefficient (Wildman–Crippen LogP) is 5.08. The molecule has 0 unspecified atom stereocenters. The molecule has 0 aliphatic heterocycles. The predicted molar refractivity (Wildman–Crippen MR) is 133 cm³/mol. The Balaban J connectivity index is 1.31. The summed E-state index contributed by atoms with van der Waals surface area (Å²) in [5, 5.41) is 2.85. The molecule has 2 N–H and O–H groups in total. The third kappa shape index (κ3) is 4.39. The van der Waals surface area contributed by atoms with E-state index in [1.807, 2.05) is 53.1 Å². The largest absolute Gasteiger partial charge is 0.322 e. The van der Waals surface area contributed by atoms with Gasteiger partial charge in [-0.3, -0.25) is 14.1 Å². The molecule has 0 radical (unpaired) electrons. The summed E-state index contributed by atoms with van der Waals surface area (Å²) >= 11 is 0. The van der Waals surface area contributed by atoms with Gasteiger partial charge in [-0.2, -0.15) is 0 Å². The molecule has 1 amide bonds. The molecule has 5 rings (SSSR count). The third-order valence-corrected chi connectivity index (χ3v) is 6.68. The molecule has 0 aliphatic rings. The lowest BCUT2D eigenvalue weighted by Gasteiger charge is -2.11. The maximum Gasteiger partial charge on any atom is 0.261 e. The molecule has 5 aromatic rings. The Morgan fingerprint density at radius 2 is 1.50 bits per heavy atom. The smallest absolute Gasteiger partial charge is 0.261 e. The van der Waals surface area contributed by atoms with Gasteiger partial charge in [0.1, 0.15) is 6.33 Å². The van der Waals surface area contributed by atoms with E-state index in [4.69, 9.17) is 0 Å². The fourth-order valence-electron chi connectivity index (χ4n) is 3.61. The first-order valence-electron chi connectivity index (χ1n) is 10.5. The van der Waals surface area contributed by atoms with Crippen LogP contribution in [0.3, 0.4) is 0 Å². The lowest BCUT2D eigenvalue weighted by Crippen LogP contribution is -2.15. The van der Waals surface area contributed by atoms with Crippen molar-refractivity contribution in [2.75, 3.05) is 10.0 Å². The van der Waals surface area contributed by atoms with Crippen LogP contribution in [0.4, 0.5) is 11.4 Å². The first-order valence-corrected chi connectivity index (χ1v) is 12.0. The average molecular weight is 469 g/mol. The van der Waals surface area contributed by atoms with Gasteiger partial charge >= 0.3 is 0 Å². The summed E-state index contributed by atoms with van der Waals surface area (Å²) in [7, 11) is -3.75. The molecule has 4 aromatic carbocycles. The average Bonchev–Trinajstić information content (AvgIpc) is 3.29. The number of anilines is 2. The number of carbonyl (C=O) groups excluding carboxylic acids is 1. The molecule has 0 atom stereocenters. The van der Waals surface area contributed by atoms with Crippen molar-refractivity contribution in [1.29, 1.82) is 0 Å². The second kappa shape index (κ2) is 8.84. The molecule has 1 heterocycles. The molecule has 1 aromatic heterocycles. The van der Waals surface area contributed by atoms with Crippen molar-refractivity contribution in [3.8, 4) is 5.69 Å². The molecule has 34 heavy (non-hydrogen) atoms. The molecular weight excluding hydrogens is 448 g/mol. The number of fused-ring (bicyclic) bond motifs is 1. The first kappa shape index (κ1) is 21.4. The highest BCUT2D eigenvalue weighted by Crippen LogP contribution is 2.21. The van der Waals surface area contributed by atoms with Gasteiger partial charge in [-0.15, -0.1) is 0 Å². The van der Waals surface area contributed by atoms with E-state index in [0.29, 0.717) is 16.9 Å². The lowest BCUT2D eigenvalue weighted by molar-refractivity contribution is 0.102. The molecule has 0 aliphatic carbocycles. The van der Waals surface area contributed by atoms with Gasteiger partial charge in [0, 0.05) is 22.6 Å². The Morgan fingerprint density at radius 3 is 2.29 bits per heavy atom. The summed E-state index contributed by atoms with van der Waals surface area (Å²) in [5.74, 6) is -0.346. The first-order chi connectivity index (χ1) is 16.5. The number of hydrogen-bond acceptors (Lipinski definition) is 4. The second-order valence-corrected chi connectivity index (χ2v) is 9.29. The number of benzene rings is 4. The Bertz CT molecular complexity index is 1580. The van der Waals surface area contributed by atoms with E-state index in [0.717, 1.165) is 16.7 Å². The van der Waals surface area contributed by atoms with E-state index in [1.54, 1.807) is 42.7 Å². The van der Waals surface area contributed by atoms with Crippen molar-refractivity contribution in [2.45, 2.75) is 4.90 Å². The number of rotatable bonds is 6. The Morgan fingerprint density at radius 1 is 0.765 bits per heavy atom. The number of para-hydroxylation sites is 2. The number of amides is 1. The van der Waals surface area contributed by atoms with Crippen molar-refractivity contribution < 1.29 is 13.2 Å². The Kier molecular flexibility index (Phi) is 5.57. The Labute approximate surface area is 196 Å². The number of sulfonamides is 1. The topological polar surface area (TPSA) is 93.1 Å². The summed E-state index contributed by atoms with van der Waals surface area (Å²) in [6.45, 7) is 0. The summed E-state index contributed by atoms with van der Waals surface area (Å²) in [6, 6.07) is 29.7. The minimum absolute atomic E-state index is 0.149. The van der Waals surface area contributed by atoms with Crippen molar-refractivity contribution in [2.24, 2.45) is 0 Å². The van der Waals surface area contributed by atoms with Crippen molar-refractivity contribution in [1.82, 2.24) is 9.55 Å². The van der Waals surface area contributed by atoms with Crippen LogP contribution in [-0.2, 0) is 10.0 Å². The highest BCUT2D eigenvalue weighted by atomic mass is 32.2. The quantitative estimate of drug-likeness (QED) is 0.364. The van der Waals surface area contributed by atoms with Crippen LogP contribution in [0.5, 0.6) is 0 Å². The van der Waals surface area contributed by atoms with Crippen LogP contribution in [0.2, 0.25) is 0 Å². The van der Waals surface area contributed by atoms with Crippen LogP contribution >= 0.6 is 0 Å². The van der Waals surface area contributed by atoms with E-state index in [9.17, 15) is 13.2 Å². The van der Waals surface area contributed by atoms with E-state index in [1.165, 1.54) is 18.2 Å². The summed E-state index contributed by atoms with van der Waals surface area (Å²) in [5.41, 5.74) is 4.07. The summed E-state index contributed by atoms with van der Waals surface area (Å²) in [4.78, 5) is 17.3. The van der Waals surface area contributed by atoms with Gasteiger partial charge < -0.3 is 5.32 Å². The molecule has 0 saturated heterocycles. The van der Waals surface area contributed by atoms with Gasteiger partial charge in [0.2, 0.25) is 0 Å². The number of carbonyl (C=O) groups is 1. The molecule has 0 saturated carbocycles. The standard InChI is InChI=1S/C26H20N4O3S/c31-26(19-7-6-8-21(17-19)29-34(32,33)23-9-2-1-3-10-23)28-20-13-15-22(16-14-20)30-18-27-24-11-4-5-12-25(24)30/h1-18,29H,(H,28,31). The highest BCUT2D eigenvalue weighted by molar-refractivity contribution is 7.92. The number of nitrogens with one attached hydrogen (secondary N) is 2. The molecular formula is C26H20N4O3S. The molecule has 168 valence electrons. The fraction of sp³-hybridized carbons (Fsp3) is 0. The molecule has 8 heteroatoms. The van der Waals surface area contributed by atoms with Gasteiger partial charge in [0.25, 0.3) is 15.9 Å². The summed E-state index contributed by atoms with van der Waals surface area (Å²) in [6.07, 6.45) is 1.76. The van der Waals surface area contributed by atoms with Crippen molar-refractivity contribution in [3.05, 3.63) is 115 Å².